The lowest BCUT2D eigenvalue weighted by molar-refractivity contribution is -0.117. The van der Waals surface area contributed by atoms with Crippen LogP contribution in [0.2, 0.25) is 0 Å². The second-order valence-electron chi connectivity index (χ2n) is 4.71. The van der Waals surface area contributed by atoms with Crippen LogP contribution in [0.15, 0.2) is 24.3 Å². The van der Waals surface area contributed by atoms with Gasteiger partial charge in [-0.3, -0.25) is 9.59 Å². The number of anilines is 1. The van der Waals surface area contributed by atoms with Gasteiger partial charge in [-0.05, 0) is 43.0 Å². The third-order valence-corrected chi connectivity index (χ3v) is 3.54. The van der Waals surface area contributed by atoms with E-state index in [0.717, 1.165) is 12.2 Å². The number of nitrogens with one attached hydrogen (secondary N) is 2. The normalized spacial score (nSPS) is 11.2. The molecule has 0 spiro atoms. The Kier molecular flexibility index (Phi) is 10.7. The van der Waals surface area contributed by atoms with Gasteiger partial charge in [0.15, 0.2) is 0 Å². The molecule has 0 fully saturated rings. The summed E-state index contributed by atoms with van der Waals surface area (Å²) in [6.45, 7) is 2.63. The van der Waals surface area contributed by atoms with Crippen LogP contribution in [-0.4, -0.2) is 36.4 Å². The Morgan fingerprint density at radius 2 is 2.09 bits per heavy atom. The number of carbonyl (C=O) groups excluding carboxylic acids is 2. The number of hydrogen-bond acceptors (Lipinski definition) is 4. The third-order valence-electron chi connectivity index (χ3n) is 2.90. The highest BCUT2D eigenvalue weighted by molar-refractivity contribution is 7.98. The van der Waals surface area contributed by atoms with Crippen LogP contribution >= 0.6 is 24.2 Å². The van der Waals surface area contributed by atoms with Crippen molar-refractivity contribution in [2.45, 2.75) is 25.8 Å². The van der Waals surface area contributed by atoms with Gasteiger partial charge in [0.2, 0.25) is 5.91 Å². The van der Waals surface area contributed by atoms with Crippen LogP contribution in [0.3, 0.4) is 0 Å². The maximum atomic E-state index is 11.9. The van der Waals surface area contributed by atoms with Gasteiger partial charge in [-0.25, -0.2) is 0 Å². The highest BCUT2D eigenvalue weighted by atomic mass is 35.5. The number of benzene rings is 1. The van der Waals surface area contributed by atoms with Crippen molar-refractivity contribution in [2.75, 3.05) is 23.9 Å². The Morgan fingerprint density at radius 3 is 2.73 bits per heavy atom. The molecule has 0 aliphatic carbocycles. The van der Waals surface area contributed by atoms with Gasteiger partial charge in [-0.2, -0.15) is 11.8 Å². The van der Waals surface area contributed by atoms with Gasteiger partial charge in [-0.1, -0.05) is 13.0 Å². The molecule has 1 atom stereocenters. The summed E-state index contributed by atoms with van der Waals surface area (Å²) in [5.74, 6) is 0.475. The zero-order chi connectivity index (χ0) is 15.7. The van der Waals surface area contributed by atoms with Crippen LogP contribution < -0.4 is 16.4 Å². The van der Waals surface area contributed by atoms with E-state index in [1.165, 1.54) is 0 Å². The molecule has 0 saturated carbocycles. The molecular weight excluding hydrogens is 322 g/mol. The summed E-state index contributed by atoms with van der Waals surface area (Å²) < 4.78 is 0. The average Bonchev–Trinajstić information content (AvgIpc) is 2.50. The van der Waals surface area contributed by atoms with Crippen molar-refractivity contribution in [1.29, 1.82) is 0 Å². The lowest BCUT2D eigenvalue weighted by Crippen LogP contribution is -2.36. The van der Waals surface area contributed by atoms with Crippen molar-refractivity contribution >= 4 is 41.7 Å². The first kappa shape index (κ1) is 20.8. The third kappa shape index (κ3) is 7.15. The van der Waals surface area contributed by atoms with E-state index in [2.05, 4.69) is 10.6 Å². The number of thioether (sulfide) groups is 1. The SMILES string of the molecule is CCCNC(=O)c1cccc(NC(=O)[C@@H](N)CCSC)c1.Cl. The lowest BCUT2D eigenvalue weighted by atomic mass is 10.1. The molecule has 0 unspecified atom stereocenters. The predicted molar refractivity (Wildman–Crippen MR) is 95.9 cm³/mol. The molecule has 1 aromatic rings. The summed E-state index contributed by atoms with van der Waals surface area (Å²) in [7, 11) is 0. The van der Waals surface area contributed by atoms with E-state index in [0.29, 0.717) is 24.2 Å². The van der Waals surface area contributed by atoms with E-state index in [4.69, 9.17) is 5.73 Å². The lowest BCUT2D eigenvalue weighted by Gasteiger charge is -2.12. The van der Waals surface area contributed by atoms with Gasteiger partial charge in [0.25, 0.3) is 5.91 Å². The van der Waals surface area contributed by atoms with Gasteiger partial charge >= 0.3 is 0 Å². The van der Waals surface area contributed by atoms with Crippen molar-refractivity contribution in [3.05, 3.63) is 29.8 Å². The van der Waals surface area contributed by atoms with Crippen molar-refractivity contribution in [1.82, 2.24) is 5.32 Å². The number of halogens is 1. The Hall–Kier alpha value is -1.24. The quantitative estimate of drug-likeness (QED) is 0.674. The first-order valence-corrected chi connectivity index (χ1v) is 8.41. The van der Waals surface area contributed by atoms with Crippen molar-refractivity contribution in [3.63, 3.8) is 0 Å². The molecule has 22 heavy (non-hydrogen) atoms. The summed E-state index contributed by atoms with van der Waals surface area (Å²) in [6, 6.07) is 6.33. The molecule has 124 valence electrons. The summed E-state index contributed by atoms with van der Waals surface area (Å²) in [5, 5.41) is 5.55. The first-order chi connectivity index (χ1) is 10.1. The predicted octanol–water partition coefficient (Wildman–Crippen LogP) is 2.27. The number of rotatable bonds is 8. The van der Waals surface area contributed by atoms with E-state index >= 15 is 0 Å². The molecule has 0 heterocycles. The van der Waals surface area contributed by atoms with Crippen molar-refractivity contribution < 1.29 is 9.59 Å². The maximum absolute atomic E-state index is 11.9. The molecule has 0 aliphatic rings. The molecule has 0 radical (unpaired) electrons. The van der Waals surface area contributed by atoms with Crippen LogP contribution in [0.25, 0.3) is 0 Å². The fraction of sp³-hybridized carbons (Fsp3) is 0.467. The molecular formula is C15H24ClN3O2S. The van der Waals surface area contributed by atoms with E-state index in [-0.39, 0.29) is 24.2 Å². The number of carbonyl (C=O) groups is 2. The Morgan fingerprint density at radius 1 is 1.36 bits per heavy atom. The largest absolute Gasteiger partial charge is 0.352 e. The number of nitrogens with two attached hydrogens (primary N) is 1. The topological polar surface area (TPSA) is 84.2 Å². The van der Waals surface area contributed by atoms with E-state index in [1.807, 2.05) is 13.2 Å². The van der Waals surface area contributed by atoms with Crippen LogP contribution in [-0.2, 0) is 4.79 Å². The standard InChI is InChI=1S/C15H23N3O2S.ClH/c1-3-8-17-14(19)11-5-4-6-12(10-11)18-15(20)13(16)7-9-21-2;/h4-6,10,13H,3,7-9,16H2,1-2H3,(H,17,19)(H,18,20);1H/t13-;/m0./s1. The van der Waals surface area contributed by atoms with Crippen molar-refractivity contribution in [3.8, 4) is 0 Å². The summed E-state index contributed by atoms with van der Waals surface area (Å²) in [6.07, 6.45) is 3.49. The highest BCUT2D eigenvalue weighted by Crippen LogP contribution is 2.11. The summed E-state index contributed by atoms with van der Waals surface area (Å²) in [4.78, 5) is 23.8. The second-order valence-corrected chi connectivity index (χ2v) is 5.70. The number of hydrogen-bond donors (Lipinski definition) is 3. The first-order valence-electron chi connectivity index (χ1n) is 7.02. The highest BCUT2D eigenvalue weighted by Gasteiger charge is 2.13. The molecule has 1 aromatic carbocycles. The van der Waals surface area contributed by atoms with E-state index < -0.39 is 6.04 Å². The molecule has 2 amide bonds. The Labute approximate surface area is 142 Å². The monoisotopic (exact) mass is 345 g/mol. The molecule has 0 aromatic heterocycles. The molecule has 5 nitrogen and oxygen atoms in total. The molecule has 4 N–H and O–H groups in total. The molecule has 0 bridgehead atoms. The molecule has 0 aliphatic heterocycles. The minimum Gasteiger partial charge on any atom is -0.352 e. The van der Waals surface area contributed by atoms with E-state index in [9.17, 15) is 9.59 Å². The van der Waals surface area contributed by atoms with Gasteiger partial charge in [0, 0.05) is 17.8 Å². The Balaban J connectivity index is 0.00000441. The molecule has 0 saturated heterocycles. The number of amides is 2. The van der Waals surface area contributed by atoms with Crippen LogP contribution in [0.4, 0.5) is 5.69 Å². The fourth-order valence-electron chi connectivity index (χ4n) is 1.69. The smallest absolute Gasteiger partial charge is 0.251 e. The van der Waals surface area contributed by atoms with E-state index in [1.54, 1.807) is 36.0 Å². The van der Waals surface area contributed by atoms with Gasteiger partial charge in [-0.15, -0.1) is 12.4 Å². The summed E-state index contributed by atoms with van der Waals surface area (Å²) in [5.41, 5.74) is 6.92. The minimum atomic E-state index is -0.532. The maximum Gasteiger partial charge on any atom is 0.251 e. The average molecular weight is 346 g/mol. The van der Waals surface area contributed by atoms with Gasteiger partial charge in [0.05, 0.1) is 6.04 Å². The molecule has 1 rings (SSSR count). The fourth-order valence-corrected chi connectivity index (χ4v) is 2.18. The van der Waals surface area contributed by atoms with Crippen molar-refractivity contribution in [2.24, 2.45) is 5.73 Å². The van der Waals surface area contributed by atoms with Crippen LogP contribution in [0.1, 0.15) is 30.1 Å². The Bertz CT molecular complexity index is 486. The van der Waals surface area contributed by atoms with Gasteiger partial charge in [0.1, 0.15) is 0 Å². The van der Waals surface area contributed by atoms with Crippen LogP contribution in [0.5, 0.6) is 0 Å². The zero-order valence-electron chi connectivity index (χ0n) is 12.9. The molecule has 7 heteroatoms. The zero-order valence-corrected chi connectivity index (χ0v) is 14.6. The summed E-state index contributed by atoms with van der Waals surface area (Å²) >= 11 is 1.65. The van der Waals surface area contributed by atoms with Gasteiger partial charge < -0.3 is 16.4 Å². The second kappa shape index (κ2) is 11.3. The van der Waals surface area contributed by atoms with Crippen LogP contribution in [0, 0.1) is 0 Å². The minimum absolute atomic E-state index is 0.